The molecule has 1 aliphatic rings. The second-order valence-electron chi connectivity index (χ2n) is 10.0. The summed E-state index contributed by atoms with van der Waals surface area (Å²) in [5.41, 5.74) is 9.45. The van der Waals surface area contributed by atoms with E-state index in [0.29, 0.717) is 23.5 Å². The van der Waals surface area contributed by atoms with Crippen LogP contribution < -0.4 is 21.1 Å². The Balaban J connectivity index is 1.72. The predicted molar refractivity (Wildman–Crippen MR) is 133 cm³/mol. The fourth-order valence-corrected chi connectivity index (χ4v) is 4.55. The van der Waals surface area contributed by atoms with Crippen molar-refractivity contribution in [3.8, 4) is 5.75 Å². The first-order chi connectivity index (χ1) is 16.3. The predicted octanol–water partition coefficient (Wildman–Crippen LogP) is 2.72. The second kappa shape index (κ2) is 8.39. The maximum absolute atomic E-state index is 13.9. The molecule has 5 rings (SSSR count). The standard InChI is InChI=1S/C25H31N7O2/c1-25(2,3)23-29-28-22-21-20(13-18(14-27-21)30-11-9-17(26)10-12-30)31(24(33)32(22)23)15-16-5-7-19(34-4)8-6-16/h5-8,13-14,17H,9-12,15,26H2,1-4H3. The van der Waals surface area contributed by atoms with E-state index in [9.17, 15) is 4.79 Å². The number of aromatic nitrogens is 5. The Morgan fingerprint density at radius 1 is 1.12 bits per heavy atom. The molecule has 0 amide bonds. The molecular formula is C25H31N7O2. The van der Waals surface area contributed by atoms with E-state index >= 15 is 0 Å². The highest BCUT2D eigenvalue weighted by Crippen LogP contribution is 2.27. The van der Waals surface area contributed by atoms with E-state index < -0.39 is 0 Å². The number of nitrogens with zero attached hydrogens (tertiary/aromatic N) is 6. The maximum Gasteiger partial charge on any atom is 0.336 e. The largest absolute Gasteiger partial charge is 0.497 e. The molecule has 1 aromatic carbocycles. The molecule has 0 spiro atoms. The van der Waals surface area contributed by atoms with Crippen molar-refractivity contribution in [1.82, 2.24) is 24.1 Å². The number of rotatable bonds is 4. The molecule has 0 atom stereocenters. The Kier molecular flexibility index (Phi) is 5.51. The summed E-state index contributed by atoms with van der Waals surface area (Å²) in [4.78, 5) is 21.0. The third kappa shape index (κ3) is 3.90. The number of pyridine rings is 1. The lowest BCUT2D eigenvalue weighted by atomic mass is 9.96. The quantitative estimate of drug-likeness (QED) is 0.498. The van der Waals surface area contributed by atoms with E-state index in [1.807, 2.05) is 51.2 Å². The summed E-state index contributed by atoms with van der Waals surface area (Å²) < 4.78 is 8.67. The van der Waals surface area contributed by atoms with Crippen LogP contribution in [0.5, 0.6) is 5.75 Å². The van der Waals surface area contributed by atoms with Crippen molar-refractivity contribution in [3.63, 3.8) is 0 Å². The third-order valence-electron chi connectivity index (χ3n) is 6.52. The lowest BCUT2D eigenvalue weighted by molar-refractivity contribution is 0.414. The summed E-state index contributed by atoms with van der Waals surface area (Å²) in [6.07, 6.45) is 3.75. The molecule has 1 saturated heterocycles. The van der Waals surface area contributed by atoms with E-state index in [4.69, 9.17) is 15.5 Å². The summed E-state index contributed by atoms with van der Waals surface area (Å²) in [5, 5.41) is 8.78. The zero-order chi connectivity index (χ0) is 24.0. The van der Waals surface area contributed by atoms with Gasteiger partial charge in [0.2, 0.25) is 0 Å². The van der Waals surface area contributed by atoms with Gasteiger partial charge >= 0.3 is 5.69 Å². The van der Waals surface area contributed by atoms with Gasteiger partial charge in [-0.25, -0.2) is 14.2 Å². The minimum Gasteiger partial charge on any atom is -0.497 e. The van der Waals surface area contributed by atoms with Crippen molar-refractivity contribution in [3.05, 3.63) is 58.4 Å². The monoisotopic (exact) mass is 461 g/mol. The second-order valence-corrected chi connectivity index (χ2v) is 10.0. The molecule has 0 radical (unpaired) electrons. The number of anilines is 1. The summed E-state index contributed by atoms with van der Waals surface area (Å²) in [6.45, 7) is 8.22. The molecule has 1 fully saturated rings. The molecule has 1 aliphatic heterocycles. The van der Waals surface area contributed by atoms with Crippen LogP contribution in [0.25, 0.3) is 16.7 Å². The Bertz CT molecular complexity index is 1390. The van der Waals surface area contributed by atoms with Crippen molar-refractivity contribution in [1.29, 1.82) is 0 Å². The Labute approximate surface area is 198 Å². The Hall–Kier alpha value is -3.46. The van der Waals surface area contributed by atoms with Gasteiger partial charge in [0.25, 0.3) is 0 Å². The molecule has 3 aromatic heterocycles. The van der Waals surface area contributed by atoms with E-state index in [0.717, 1.165) is 48.4 Å². The first kappa shape index (κ1) is 22.3. The van der Waals surface area contributed by atoms with Crippen LogP contribution in [0.2, 0.25) is 0 Å². The number of methoxy groups -OCH3 is 1. The van der Waals surface area contributed by atoms with Crippen molar-refractivity contribution in [2.45, 2.75) is 51.6 Å². The molecule has 4 heterocycles. The van der Waals surface area contributed by atoms with Gasteiger partial charge in [-0.15, -0.1) is 10.2 Å². The van der Waals surface area contributed by atoms with E-state index in [-0.39, 0.29) is 17.1 Å². The molecule has 0 saturated carbocycles. The minimum absolute atomic E-state index is 0.173. The topological polar surface area (TPSA) is 104 Å². The molecule has 0 aliphatic carbocycles. The Morgan fingerprint density at radius 2 is 1.82 bits per heavy atom. The van der Waals surface area contributed by atoms with Crippen LogP contribution in [0.3, 0.4) is 0 Å². The number of hydrogen-bond acceptors (Lipinski definition) is 7. The lowest BCUT2D eigenvalue weighted by Crippen LogP contribution is -2.39. The number of piperidine rings is 1. The van der Waals surface area contributed by atoms with Gasteiger partial charge in [-0.05, 0) is 36.6 Å². The van der Waals surface area contributed by atoms with Gasteiger partial charge in [0.05, 0.1) is 31.1 Å². The van der Waals surface area contributed by atoms with Crippen LogP contribution >= 0.6 is 0 Å². The van der Waals surface area contributed by atoms with Crippen LogP contribution in [0.15, 0.2) is 41.3 Å². The number of nitrogens with two attached hydrogens (primary N) is 1. The van der Waals surface area contributed by atoms with Gasteiger partial charge in [-0.3, -0.25) is 4.57 Å². The molecule has 178 valence electrons. The number of ether oxygens (including phenoxy) is 1. The van der Waals surface area contributed by atoms with Gasteiger partial charge in [0.15, 0.2) is 5.65 Å². The number of benzene rings is 1. The fraction of sp³-hybridized carbons (Fsp3) is 0.440. The summed E-state index contributed by atoms with van der Waals surface area (Å²) >= 11 is 0. The highest BCUT2D eigenvalue weighted by Gasteiger charge is 2.26. The third-order valence-corrected chi connectivity index (χ3v) is 6.52. The smallest absolute Gasteiger partial charge is 0.336 e. The molecule has 9 heteroatoms. The van der Waals surface area contributed by atoms with Gasteiger partial charge in [-0.1, -0.05) is 32.9 Å². The van der Waals surface area contributed by atoms with Gasteiger partial charge in [-0.2, -0.15) is 0 Å². The fourth-order valence-electron chi connectivity index (χ4n) is 4.55. The maximum atomic E-state index is 13.9. The first-order valence-electron chi connectivity index (χ1n) is 11.7. The van der Waals surface area contributed by atoms with Crippen LogP contribution in [0, 0.1) is 0 Å². The van der Waals surface area contributed by atoms with E-state index in [2.05, 4.69) is 21.2 Å². The zero-order valence-electron chi connectivity index (χ0n) is 20.2. The van der Waals surface area contributed by atoms with Crippen LogP contribution in [-0.2, 0) is 12.0 Å². The summed E-state index contributed by atoms with van der Waals surface area (Å²) in [5.74, 6) is 1.39. The van der Waals surface area contributed by atoms with Crippen molar-refractivity contribution >= 4 is 22.4 Å². The van der Waals surface area contributed by atoms with Crippen molar-refractivity contribution in [2.75, 3.05) is 25.1 Å². The van der Waals surface area contributed by atoms with Gasteiger partial charge < -0.3 is 15.4 Å². The first-order valence-corrected chi connectivity index (χ1v) is 11.7. The normalized spacial score (nSPS) is 15.4. The van der Waals surface area contributed by atoms with Crippen LogP contribution in [0.1, 0.15) is 45.0 Å². The molecule has 9 nitrogen and oxygen atoms in total. The molecule has 0 bridgehead atoms. The molecule has 4 aromatic rings. The summed E-state index contributed by atoms with van der Waals surface area (Å²) in [6, 6.07) is 10.0. The average Bonchev–Trinajstić information content (AvgIpc) is 3.29. The SMILES string of the molecule is COc1ccc(Cn2c(=O)n3c(C(C)(C)C)nnc3c3ncc(N4CCC(N)CC4)cc32)cc1. The van der Waals surface area contributed by atoms with Gasteiger partial charge in [0.1, 0.15) is 17.1 Å². The Morgan fingerprint density at radius 3 is 2.47 bits per heavy atom. The highest BCUT2D eigenvalue weighted by molar-refractivity contribution is 5.89. The van der Waals surface area contributed by atoms with E-state index in [1.165, 1.54) is 0 Å². The van der Waals surface area contributed by atoms with Gasteiger partial charge in [0, 0.05) is 24.5 Å². The van der Waals surface area contributed by atoms with Crippen LogP contribution in [0.4, 0.5) is 5.69 Å². The molecule has 2 N–H and O–H groups in total. The number of hydrogen-bond donors (Lipinski definition) is 1. The van der Waals surface area contributed by atoms with Crippen molar-refractivity contribution in [2.24, 2.45) is 5.73 Å². The van der Waals surface area contributed by atoms with Crippen LogP contribution in [-0.4, -0.2) is 50.4 Å². The molecule has 34 heavy (non-hydrogen) atoms. The zero-order valence-corrected chi connectivity index (χ0v) is 20.2. The number of fused-ring (bicyclic) bond motifs is 3. The molecular weight excluding hydrogens is 430 g/mol. The summed E-state index contributed by atoms with van der Waals surface area (Å²) in [7, 11) is 1.64. The molecule has 0 unspecified atom stereocenters. The van der Waals surface area contributed by atoms with E-state index in [1.54, 1.807) is 16.1 Å². The highest BCUT2D eigenvalue weighted by atomic mass is 16.5. The lowest BCUT2D eigenvalue weighted by Gasteiger charge is -2.32. The minimum atomic E-state index is -0.350. The average molecular weight is 462 g/mol. The van der Waals surface area contributed by atoms with Crippen molar-refractivity contribution < 1.29 is 4.74 Å².